The molecule has 3 N–H and O–H groups in total. The molecule has 1 amide bonds. The lowest BCUT2D eigenvalue weighted by Crippen LogP contribution is -2.36. The van der Waals surface area contributed by atoms with E-state index in [1.165, 1.54) is 0 Å². The number of aliphatic hydroxyl groups is 1. The van der Waals surface area contributed by atoms with E-state index in [0.717, 1.165) is 16.7 Å². The normalized spacial score (nSPS) is 13.4. The van der Waals surface area contributed by atoms with Gasteiger partial charge >= 0.3 is 5.97 Å². The predicted octanol–water partition coefficient (Wildman–Crippen LogP) is 3.57. The number of carbonyl (C=O) groups excluding carboxylic acids is 1. The number of aliphatic carboxylic acids is 1. The Balaban J connectivity index is 2.24. The first-order chi connectivity index (χ1) is 14.0. The molecular weight excluding hydrogens is 382 g/mol. The van der Waals surface area contributed by atoms with Crippen LogP contribution in [0.5, 0.6) is 5.75 Å². The quantitative estimate of drug-likeness (QED) is 0.584. The summed E-state index contributed by atoms with van der Waals surface area (Å²) < 4.78 is 5.73. The van der Waals surface area contributed by atoms with E-state index in [1.807, 2.05) is 44.2 Å². The first kappa shape index (κ1) is 23.4. The van der Waals surface area contributed by atoms with Gasteiger partial charge in [0.15, 0.2) is 0 Å². The topological polar surface area (TPSA) is 95.9 Å². The molecule has 0 radical (unpaired) electrons. The lowest BCUT2D eigenvalue weighted by molar-refractivity contribution is -0.142. The smallest absolute Gasteiger partial charge is 0.308 e. The van der Waals surface area contributed by atoms with Crippen molar-refractivity contribution in [2.75, 3.05) is 6.61 Å². The summed E-state index contributed by atoms with van der Waals surface area (Å²) in [6, 6.07) is 12.3. The number of amides is 1. The fourth-order valence-electron chi connectivity index (χ4n) is 2.98. The largest absolute Gasteiger partial charge is 0.490 e. The van der Waals surface area contributed by atoms with Gasteiger partial charge in [-0.3, -0.25) is 9.59 Å². The van der Waals surface area contributed by atoms with Crippen LogP contribution in [0.1, 0.15) is 49.1 Å². The maximum absolute atomic E-state index is 12.6. The Labute approximate surface area is 177 Å². The molecule has 0 bridgehead atoms. The molecule has 6 nitrogen and oxygen atoms in total. The molecule has 6 heteroatoms. The highest BCUT2D eigenvalue weighted by atomic mass is 16.5. The molecule has 0 aliphatic rings. The molecule has 2 aromatic carbocycles. The van der Waals surface area contributed by atoms with E-state index < -0.39 is 23.5 Å². The standard InChI is InChI=1S/C24H31NO5/c1-15-6-9-18(10-7-15)12-21(26)25-22(17(3)23(27)28)19-11-8-16(2)20(13-19)30-14-24(4,5)29/h6-11,13,17,22,29H,12,14H2,1-5H3,(H,25,26)(H,27,28)/t17-,22+/m1/s1. The van der Waals surface area contributed by atoms with Crippen molar-refractivity contribution in [3.63, 3.8) is 0 Å². The number of nitrogens with one attached hydrogen (secondary N) is 1. The third kappa shape index (κ3) is 6.88. The van der Waals surface area contributed by atoms with E-state index in [9.17, 15) is 19.8 Å². The van der Waals surface area contributed by atoms with Crippen LogP contribution in [0.4, 0.5) is 0 Å². The predicted molar refractivity (Wildman–Crippen MR) is 116 cm³/mol. The number of hydrogen-bond acceptors (Lipinski definition) is 4. The van der Waals surface area contributed by atoms with Crippen LogP contribution in [0.15, 0.2) is 42.5 Å². The molecule has 2 atom stereocenters. The fourth-order valence-corrected chi connectivity index (χ4v) is 2.98. The van der Waals surface area contributed by atoms with Gasteiger partial charge in [-0.05, 0) is 57.4 Å². The number of rotatable bonds is 9. The van der Waals surface area contributed by atoms with Crippen LogP contribution in [-0.4, -0.2) is 34.3 Å². The molecule has 0 unspecified atom stereocenters. The zero-order chi connectivity index (χ0) is 22.5. The Morgan fingerprint density at radius 3 is 2.30 bits per heavy atom. The highest BCUT2D eigenvalue weighted by Gasteiger charge is 2.27. The number of carboxylic acid groups (broad SMARTS) is 1. The molecule has 0 fully saturated rings. The summed E-state index contributed by atoms with van der Waals surface area (Å²) in [6.07, 6.45) is 0.164. The van der Waals surface area contributed by atoms with Gasteiger partial charge in [-0.15, -0.1) is 0 Å². The van der Waals surface area contributed by atoms with Gasteiger partial charge in [-0.2, -0.15) is 0 Å². The number of aryl methyl sites for hydroxylation is 2. The molecule has 0 aromatic heterocycles. The van der Waals surface area contributed by atoms with E-state index >= 15 is 0 Å². The van der Waals surface area contributed by atoms with Crippen molar-refractivity contribution >= 4 is 11.9 Å². The number of ether oxygens (including phenoxy) is 1. The van der Waals surface area contributed by atoms with E-state index in [-0.39, 0.29) is 18.9 Å². The molecule has 0 heterocycles. The van der Waals surface area contributed by atoms with Gasteiger partial charge in [-0.25, -0.2) is 0 Å². The van der Waals surface area contributed by atoms with E-state index in [4.69, 9.17) is 4.74 Å². The Morgan fingerprint density at radius 2 is 1.73 bits per heavy atom. The number of hydrogen-bond donors (Lipinski definition) is 3. The van der Waals surface area contributed by atoms with Crippen molar-refractivity contribution in [1.82, 2.24) is 5.32 Å². The van der Waals surface area contributed by atoms with Crippen molar-refractivity contribution in [2.45, 2.75) is 52.7 Å². The lowest BCUT2D eigenvalue weighted by Gasteiger charge is -2.25. The third-order valence-electron chi connectivity index (χ3n) is 4.84. The zero-order valence-corrected chi connectivity index (χ0v) is 18.2. The summed E-state index contributed by atoms with van der Waals surface area (Å²) in [4.78, 5) is 24.3. The molecule has 0 aliphatic heterocycles. The fraction of sp³-hybridized carbons (Fsp3) is 0.417. The van der Waals surface area contributed by atoms with Crippen LogP contribution in [0.3, 0.4) is 0 Å². The second-order valence-electron chi connectivity index (χ2n) is 8.46. The first-order valence-corrected chi connectivity index (χ1v) is 10.00. The van der Waals surface area contributed by atoms with Gasteiger partial charge in [0.25, 0.3) is 0 Å². The van der Waals surface area contributed by atoms with Crippen LogP contribution in [0, 0.1) is 19.8 Å². The molecule has 0 saturated carbocycles. The van der Waals surface area contributed by atoms with Crippen LogP contribution in [-0.2, 0) is 16.0 Å². The van der Waals surface area contributed by atoms with Gasteiger partial charge < -0.3 is 20.3 Å². The van der Waals surface area contributed by atoms with Crippen molar-refractivity contribution in [3.8, 4) is 5.75 Å². The van der Waals surface area contributed by atoms with E-state index in [1.54, 1.807) is 32.9 Å². The summed E-state index contributed by atoms with van der Waals surface area (Å²) in [5.74, 6) is -1.55. The third-order valence-corrected chi connectivity index (χ3v) is 4.84. The van der Waals surface area contributed by atoms with Crippen LogP contribution in [0.2, 0.25) is 0 Å². The number of benzene rings is 2. The molecule has 162 valence electrons. The highest BCUT2D eigenvalue weighted by molar-refractivity contribution is 5.80. The van der Waals surface area contributed by atoms with Crippen LogP contribution in [0.25, 0.3) is 0 Å². The van der Waals surface area contributed by atoms with Gasteiger partial charge in [0.1, 0.15) is 12.4 Å². The average molecular weight is 414 g/mol. The lowest BCUT2D eigenvalue weighted by atomic mass is 9.93. The second kappa shape index (κ2) is 9.76. The van der Waals surface area contributed by atoms with Gasteiger partial charge in [-0.1, -0.05) is 42.0 Å². The maximum atomic E-state index is 12.6. The summed E-state index contributed by atoms with van der Waals surface area (Å²) in [7, 11) is 0. The first-order valence-electron chi connectivity index (χ1n) is 10.00. The second-order valence-corrected chi connectivity index (χ2v) is 8.46. The molecule has 2 rings (SSSR count). The maximum Gasteiger partial charge on any atom is 0.308 e. The minimum absolute atomic E-state index is 0.0935. The highest BCUT2D eigenvalue weighted by Crippen LogP contribution is 2.29. The molecule has 0 aliphatic carbocycles. The van der Waals surface area contributed by atoms with E-state index in [0.29, 0.717) is 11.3 Å². The molecule has 0 spiro atoms. The van der Waals surface area contributed by atoms with Crippen molar-refractivity contribution in [3.05, 3.63) is 64.7 Å². The summed E-state index contributed by atoms with van der Waals surface area (Å²) in [6.45, 7) is 8.80. The van der Waals surface area contributed by atoms with Crippen molar-refractivity contribution in [1.29, 1.82) is 0 Å². The zero-order valence-electron chi connectivity index (χ0n) is 18.2. The minimum atomic E-state index is -1.00. The Kier molecular flexibility index (Phi) is 7.62. The average Bonchev–Trinajstić information content (AvgIpc) is 2.66. The number of carboxylic acids is 1. The van der Waals surface area contributed by atoms with Crippen LogP contribution >= 0.6 is 0 Å². The monoisotopic (exact) mass is 413 g/mol. The molecule has 0 saturated heterocycles. The Hall–Kier alpha value is -2.86. The molecule has 30 heavy (non-hydrogen) atoms. The number of carbonyl (C=O) groups is 2. The van der Waals surface area contributed by atoms with E-state index in [2.05, 4.69) is 5.32 Å². The van der Waals surface area contributed by atoms with Crippen molar-refractivity contribution < 1.29 is 24.5 Å². The summed E-state index contributed by atoms with van der Waals surface area (Å²) in [5, 5.41) is 22.4. The van der Waals surface area contributed by atoms with Gasteiger partial charge in [0.05, 0.1) is 24.0 Å². The molecular formula is C24H31NO5. The minimum Gasteiger partial charge on any atom is -0.490 e. The van der Waals surface area contributed by atoms with Crippen LogP contribution < -0.4 is 10.1 Å². The van der Waals surface area contributed by atoms with Gasteiger partial charge in [0.2, 0.25) is 5.91 Å². The Bertz CT molecular complexity index is 883. The van der Waals surface area contributed by atoms with Gasteiger partial charge in [0, 0.05) is 0 Å². The molecule has 2 aromatic rings. The SMILES string of the molecule is Cc1ccc(CC(=O)N[C@H](c2ccc(C)c(OCC(C)(C)O)c2)[C@@H](C)C(=O)O)cc1. The summed E-state index contributed by atoms with van der Waals surface area (Å²) >= 11 is 0. The van der Waals surface area contributed by atoms with Crippen molar-refractivity contribution in [2.24, 2.45) is 5.92 Å². The summed E-state index contributed by atoms with van der Waals surface area (Å²) in [5.41, 5.74) is 2.46. The Morgan fingerprint density at radius 1 is 1.10 bits per heavy atom.